The predicted octanol–water partition coefficient (Wildman–Crippen LogP) is -0.207. The highest BCUT2D eigenvalue weighted by atomic mass is 35.5. The van der Waals surface area contributed by atoms with E-state index < -0.39 is 5.91 Å². The molecule has 0 aromatic rings. The summed E-state index contributed by atoms with van der Waals surface area (Å²) in [5.41, 5.74) is 5.11. The lowest BCUT2D eigenvalue weighted by atomic mass is 10.2. The lowest BCUT2D eigenvalue weighted by Gasteiger charge is -2.27. The van der Waals surface area contributed by atoms with Crippen LogP contribution in [0.2, 0.25) is 0 Å². The molecule has 94 valence electrons. The Hall–Kier alpha value is -0.460. The van der Waals surface area contributed by atoms with Gasteiger partial charge in [-0.2, -0.15) is 0 Å². The molecule has 0 aromatic carbocycles. The molecule has 1 rings (SSSR count). The molecule has 1 aliphatic heterocycles. The molecule has 1 aliphatic rings. The topological polar surface area (TPSA) is 75.4 Å². The maximum Gasteiger partial charge on any atom is 0.241 e. The summed E-state index contributed by atoms with van der Waals surface area (Å²) >= 11 is 1.68. The molecule has 16 heavy (non-hydrogen) atoms. The van der Waals surface area contributed by atoms with Crippen molar-refractivity contribution in [1.29, 1.82) is 0 Å². The Bertz CT molecular complexity index is 257. The second kappa shape index (κ2) is 6.98. The van der Waals surface area contributed by atoms with E-state index in [1.54, 1.807) is 11.8 Å². The lowest BCUT2D eigenvalue weighted by Crippen LogP contribution is -2.50. The number of carbonyl (C=O) groups is 2. The van der Waals surface area contributed by atoms with Gasteiger partial charge in [0.15, 0.2) is 0 Å². The third kappa shape index (κ3) is 4.19. The van der Waals surface area contributed by atoms with Crippen molar-refractivity contribution in [2.75, 3.05) is 18.2 Å². The van der Waals surface area contributed by atoms with E-state index in [2.05, 4.69) is 5.32 Å². The normalized spacial score (nSPS) is 19.3. The zero-order valence-corrected chi connectivity index (χ0v) is 11.1. The van der Waals surface area contributed by atoms with Gasteiger partial charge in [0.25, 0.3) is 0 Å². The molecular formula is C9H18ClN3O2S. The average Bonchev–Trinajstić information content (AvgIpc) is 2.65. The van der Waals surface area contributed by atoms with E-state index in [0.29, 0.717) is 0 Å². The Morgan fingerprint density at radius 3 is 2.56 bits per heavy atom. The first kappa shape index (κ1) is 15.5. The number of hydrogen-bond donors (Lipinski definition) is 2. The van der Waals surface area contributed by atoms with Crippen LogP contribution in [0.15, 0.2) is 0 Å². The Balaban J connectivity index is 0.00000225. The second-order valence-electron chi connectivity index (χ2n) is 3.80. The minimum atomic E-state index is -0.470. The molecule has 0 spiro atoms. The molecule has 0 bridgehead atoms. The van der Waals surface area contributed by atoms with E-state index in [1.807, 2.05) is 13.8 Å². The van der Waals surface area contributed by atoms with Crippen molar-refractivity contribution in [1.82, 2.24) is 10.2 Å². The third-order valence-electron chi connectivity index (χ3n) is 2.25. The number of primary amides is 1. The Morgan fingerprint density at radius 1 is 1.56 bits per heavy atom. The van der Waals surface area contributed by atoms with Gasteiger partial charge in [-0.3, -0.25) is 14.9 Å². The van der Waals surface area contributed by atoms with Crippen molar-refractivity contribution in [3.63, 3.8) is 0 Å². The van der Waals surface area contributed by atoms with Crippen LogP contribution in [0.3, 0.4) is 0 Å². The molecule has 2 amide bonds. The third-order valence-corrected chi connectivity index (χ3v) is 3.19. The van der Waals surface area contributed by atoms with Crippen LogP contribution in [-0.4, -0.2) is 47.0 Å². The molecule has 7 heteroatoms. The fraction of sp³-hybridized carbons (Fsp3) is 0.778. The summed E-state index contributed by atoms with van der Waals surface area (Å²) in [6.45, 7) is 3.76. The summed E-state index contributed by atoms with van der Waals surface area (Å²) in [5, 5.41) is 3.08. The van der Waals surface area contributed by atoms with Gasteiger partial charge in [-0.15, -0.1) is 24.2 Å². The summed E-state index contributed by atoms with van der Waals surface area (Å²) in [4.78, 5) is 24.3. The van der Waals surface area contributed by atoms with Crippen LogP contribution in [-0.2, 0) is 9.59 Å². The molecule has 1 saturated heterocycles. The predicted molar refractivity (Wildman–Crippen MR) is 67.5 cm³/mol. The SMILES string of the molecule is CC(C)N(CC(N)=O)C(=O)C1CSCN1.Cl. The number of rotatable bonds is 4. The van der Waals surface area contributed by atoms with Crippen LogP contribution in [0.25, 0.3) is 0 Å². The van der Waals surface area contributed by atoms with Crippen molar-refractivity contribution in [3.8, 4) is 0 Å². The first-order valence-corrected chi connectivity index (χ1v) is 6.07. The Kier molecular flexibility index (Phi) is 6.78. The summed E-state index contributed by atoms with van der Waals surface area (Å²) in [6, 6.07) is -0.172. The molecule has 1 unspecified atom stereocenters. The van der Waals surface area contributed by atoms with E-state index in [4.69, 9.17) is 5.73 Å². The van der Waals surface area contributed by atoms with Crippen LogP contribution >= 0.6 is 24.2 Å². The fourth-order valence-corrected chi connectivity index (χ4v) is 2.37. The molecule has 0 radical (unpaired) electrons. The van der Waals surface area contributed by atoms with Crippen LogP contribution in [0.5, 0.6) is 0 Å². The molecule has 0 saturated carbocycles. The van der Waals surface area contributed by atoms with Crippen molar-refractivity contribution < 1.29 is 9.59 Å². The lowest BCUT2D eigenvalue weighted by molar-refractivity contribution is -0.138. The number of amides is 2. The number of hydrogen-bond acceptors (Lipinski definition) is 4. The maximum atomic E-state index is 12.0. The molecular weight excluding hydrogens is 250 g/mol. The average molecular weight is 268 g/mol. The standard InChI is InChI=1S/C9H17N3O2S.ClH/c1-6(2)12(3-8(10)13)9(14)7-4-15-5-11-7;/h6-7,11H,3-5H2,1-2H3,(H2,10,13);1H. The largest absolute Gasteiger partial charge is 0.368 e. The molecule has 1 fully saturated rings. The van der Waals surface area contributed by atoms with Gasteiger partial charge in [-0.05, 0) is 13.8 Å². The smallest absolute Gasteiger partial charge is 0.241 e. The number of nitrogens with zero attached hydrogens (tertiary/aromatic N) is 1. The van der Waals surface area contributed by atoms with Gasteiger partial charge in [0.05, 0.1) is 12.6 Å². The molecule has 1 heterocycles. The van der Waals surface area contributed by atoms with Gasteiger partial charge in [-0.25, -0.2) is 0 Å². The molecule has 0 aromatic heterocycles. The van der Waals surface area contributed by atoms with Gasteiger partial charge in [0, 0.05) is 17.7 Å². The van der Waals surface area contributed by atoms with Gasteiger partial charge in [-0.1, -0.05) is 0 Å². The van der Waals surface area contributed by atoms with E-state index in [-0.39, 0.29) is 36.9 Å². The Morgan fingerprint density at radius 2 is 2.19 bits per heavy atom. The number of nitrogens with one attached hydrogen (secondary N) is 1. The zero-order chi connectivity index (χ0) is 11.4. The van der Waals surface area contributed by atoms with Gasteiger partial charge in [0.2, 0.25) is 11.8 Å². The summed E-state index contributed by atoms with van der Waals surface area (Å²) in [5.74, 6) is 1.05. The molecule has 3 N–H and O–H groups in total. The van der Waals surface area contributed by atoms with Gasteiger partial charge < -0.3 is 10.6 Å². The van der Waals surface area contributed by atoms with Crippen molar-refractivity contribution >= 4 is 36.0 Å². The summed E-state index contributed by atoms with van der Waals surface area (Å²) < 4.78 is 0. The molecule has 0 aliphatic carbocycles. The number of nitrogens with two attached hydrogens (primary N) is 1. The highest BCUT2D eigenvalue weighted by Gasteiger charge is 2.29. The summed E-state index contributed by atoms with van der Waals surface area (Å²) in [6.07, 6.45) is 0. The van der Waals surface area contributed by atoms with Gasteiger partial charge >= 0.3 is 0 Å². The van der Waals surface area contributed by atoms with Gasteiger partial charge in [0.1, 0.15) is 0 Å². The van der Waals surface area contributed by atoms with Crippen LogP contribution in [0, 0.1) is 0 Å². The van der Waals surface area contributed by atoms with Crippen LogP contribution in [0.4, 0.5) is 0 Å². The van der Waals surface area contributed by atoms with Crippen molar-refractivity contribution in [3.05, 3.63) is 0 Å². The first-order chi connectivity index (χ1) is 7.02. The summed E-state index contributed by atoms with van der Waals surface area (Å²) in [7, 11) is 0. The number of thioether (sulfide) groups is 1. The zero-order valence-electron chi connectivity index (χ0n) is 9.43. The van der Waals surface area contributed by atoms with E-state index >= 15 is 0 Å². The van der Waals surface area contributed by atoms with Crippen LogP contribution < -0.4 is 11.1 Å². The first-order valence-electron chi connectivity index (χ1n) is 4.92. The van der Waals surface area contributed by atoms with Crippen LogP contribution in [0.1, 0.15) is 13.8 Å². The molecule has 1 atom stereocenters. The Labute approximate surface area is 106 Å². The van der Waals surface area contributed by atoms with Crippen molar-refractivity contribution in [2.45, 2.75) is 25.9 Å². The number of halogens is 1. The number of carbonyl (C=O) groups excluding carboxylic acids is 2. The van der Waals surface area contributed by atoms with Crippen molar-refractivity contribution in [2.24, 2.45) is 5.73 Å². The van der Waals surface area contributed by atoms with E-state index in [1.165, 1.54) is 4.90 Å². The van der Waals surface area contributed by atoms with E-state index in [9.17, 15) is 9.59 Å². The highest BCUT2D eigenvalue weighted by molar-refractivity contribution is 7.99. The minimum Gasteiger partial charge on any atom is -0.368 e. The monoisotopic (exact) mass is 267 g/mol. The maximum absolute atomic E-state index is 12.0. The highest BCUT2D eigenvalue weighted by Crippen LogP contribution is 2.13. The minimum absolute atomic E-state index is 0. The quantitative estimate of drug-likeness (QED) is 0.739. The molecule has 5 nitrogen and oxygen atoms in total. The fourth-order valence-electron chi connectivity index (χ4n) is 1.44. The van der Waals surface area contributed by atoms with E-state index in [0.717, 1.165) is 11.6 Å². The second-order valence-corrected chi connectivity index (χ2v) is 4.83.